The summed E-state index contributed by atoms with van der Waals surface area (Å²) in [4.78, 5) is 32.2. The van der Waals surface area contributed by atoms with Crippen LogP contribution in [0.5, 0.6) is 0 Å². The Balaban J connectivity index is 1.39. The molecule has 3 aromatic rings. The first-order valence-corrected chi connectivity index (χ1v) is 12.8. The van der Waals surface area contributed by atoms with E-state index in [0.29, 0.717) is 37.4 Å². The molecule has 194 valence electrons. The highest BCUT2D eigenvalue weighted by molar-refractivity contribution is 5.97. The summed E-state index contributed by atoms with van der Waals surface area (Å²) >= 11 is 0. The molecule has 1 fully saturated rings. The van der Waals surface area contributed by atoms with E-state index < -0.39 is 0 Å². The Hall–Kier alpha value is -3.81. The molecular formula is C29H34FN5O2. The normalized spacial score (nSPS) is 14.0. The lowest BCUT2D eigenvalue weighted by atomic mass is 10.1. The smallest absolute Gasteiger partial charge is 0.254 e. The van der Waals surface area contributed by atoms with Gasteiger partial charge in [-0.15, -0.1) is 10.2 Å². The maximum Gasteiger partial charge on any atom is 0.254 e. The standard InChI is InChI=1S/C29H34FN5O2/c1-21(2)19-35(29(37)25-8-5-4-7-22(25)3)20-28(36)34-16-6-15-33(17-18-34)27-14-13-26(31-32-27)23-9-11-24(30)12-10-23/h4-5,7-14,21H,6,15-20H2,1-3H3. The minimum atomic E-state index is -0.288. The van der Waals surface area contributed by atoms with Gasteiger partial charge in [0.2, 0.25) is 5.91 Å². The molecule has 2 amide bonds. The quantitative estimate of drug-likeness (QED) is 0.477. The third-order valence-corrected chi connectivity index (χ3v) is 6.54. The molecule has 2 aromatic carbocycles. The summed E-state index contributed by atoms with van der Waals surface area (Å²) in [6.07, 6.45) is 0.795. The predicted octanol–water partition coefficient (Wildman–Crippen LogP) is 4.43. The van der Waals surface area contributed by atoms with E-state index in [2.05, 4.69) is 28.9 Å². The number of carbonyl (C=O) groups is 2. The predicted molar refractivity (Wildman–Crippen MR) is 143 cm³/mol. The van der Waals surface area contributed by atoms with Crippen molar-refractivity contribution >= 4 is 17.6 Å². The highest BCUT2D eigenvalue weighted by atomic mass is 19.1. The molecule has 4 rings (SSSR count). The van der Waals surface area contributed by atoms with Crippen molar-refractivity contribution in [3.63, 3.8) is 0 Å². The molecule has 7 nitrogen and oxygen atoms in total. The Morgan fingerprint density at radius 1 is 0.946 bits per heavy atom. The van der Waals surface area contributed by atoms with Gasteiger partial charge in [0.05, 0.1) is 5.69 Å². The number of anilines is 1. The van der Waals surface area contributed by atoms with Crippen LogP contribution in [0.4, 0.5) is 10.2 Å². The van der Waals surface area contributed by atoms with Crippen molar-refractivity contribution in [1.29, 1.82) is 0 Å². The number of benzene rings is 2. The fourth-order valence-electron chi connectivity index (χ4n) is 4.57. The molecule has 0 bridgehead atoms. The molecule has 0 N–H and O–H groups in total. The van der Waals surface area contributed by atoms with Gasteiger partial charge in [-0.25, -0.2) is 4.39 Å². The third kappa shape index (κ3) is 6.70. The second-order valence-electron chi connectivity index (χ2n) is 9.90. The number of carbonyl (C=O) groups excluding carboxylic acids is 2. The molecular weight excluding hydrogens is 469 g/mol. The lowest BCUT2D eigenvalue weighted by Gasteiger charge is -2.28. The van der Waals surface area contributed by atoms with E-state index >= 15 is 0 Å². The molecule has 2 heterocycles. The Kier molecular flexibility index (Phi) is 8.48. The highest BCUT2D eigenvalue weighted by Gasteiger charge is 2.25. The van der Waals surface area contributed by atoms with Crippen molar-refractivity contribution in [1.82, 2.24) is 20.0 Å². The van der Waals surface area contributed by atoms with Gasteiger partial charge in [-0.1, -0.05) is 32.0 Å². The molecule has 0 saturated carbocycles. The second kappa shape index (κ2) is 12.0. The third-order valence-electron chi connectivity index (χ3n) is 6.54. The number of amides is 2. The van der Waals surface area contributed by atoms with Crippen molar-refractivity contribution in [2.45, 2.75) is 27.2 Å². The van der Waals surface area contributed by atoms with E-state index in [-0.39, 0.29) is 30.1 Å². The molecule has 1 aliphatic heterocycles. The fourth-order valence-corrected chi connectivity index (χ4v) is 4.57. The van der Waals surface area contributed by atoms with Crippen molar-refractivity contribution in [3.05, 3.63) is 77.6 Å². The molecule has 0 spiro atoms. The first-order chi connectivity index (χ1) is 17.8. The van der Waals surface area contributed by atoms with Crippen LogP contribution in [-0.4, -0.2) is 71.1 Å². The van der Waals surface area contributed by atoms with E-state index in [1.54, 1.807) is 17.0 Å². The molecule has 8 heteroatoms. The summed E-state index contributed by atoms with van der Waals surface area (Å²) in [6.45, 7) is 9.17. The average molecular weight is 504 g/mol. The number of aryl methyl sites for hydroxylation is 1. The average Bonchev–Trinajstić information content (AvgIpc) is 3.15. The van der Waals surface area contributed by atoms with Gasteiger partial charge in [0.25, 0.3) is 5.91 Å². The molecule has 1 saturated heterocycles. The first-order valence-electron chi connectivity index (χ1n) is 12.8. The van der Waals surface area contributed by atoms with Crippen molar-refractivity contribution in [3.8, 4) is 11.3 Å². The second-order valence-corrected chi connectivity index (χ2v) is 9.90. The zero-order valence-electron chi connectivity index (χ0n) is 21.7. The van der Waals surface area contributed by atoms with Crippen LogP contribution in [-0.2, 0) is 4.79 Å². The zero-order chi connectivity index (χ0) is 26.4. The number of rotatable bonds is 7. The van der Waals surface area contributed by atoms with Crippen molar-refractivity contribution in [2.24, 2.45) is 5.92 Å². The van der Waals surface area contributed by atoms with Gasteiger partial charge in [0.15, 0.2) is 5.82 Å². The minimum Gasteiger partial charge on any atom is -0.353 e. The fraction of sp³-hybridized carbons (Fsp3) is 0.379. The van der Waals surface area contributed by atoms with Crippen LogP contribution < -0.4 is 4.90 Å². The van der Waals surface area contributed by atoms with E-state index in [0.717, 1.165) is 29.9 Å². The number of aromatic nitrogens is 2. The van der Waals surface area contributed by atoms with E-state index in [4.69, 9.17) is 0 Å². The summed E-state index contributed by atoms with van der Waals surface area (Å²) in [5.74, 6) is 0.562. The van der Waals surface area contributed by atoms with E-state index in [9.17, 15) is 14.0 Å². The monoisotopic (exact) mass is 503 g/mol. The highest BCUT2D eigenvalue weighted by Crippen LogP contribution is 2.20. The Morgan fingerprint density at radius 3 is 2.38 bits per heavy atom. The summed E-state index contributed by atoms with van der Waals surface area (Å²) < 4.78 is 13.2. The molecule has 1 aliphatic rings. The summed E-state index contributed by atoms with van der Waals surface area (Å²) in [7, 11) is 0. The maximum absolute atomic E-state index is 13.3. The first kappa shape index (κ1) is 26.3. The van der Waals surface area contributed by atoms with E-state index in [1.807, 2.05) is 48.2 Å². The number of nitrogens with zero attached hydrogens (tertiary/aromatic N) is 5. The molecule has 0 aliphatic carbocycles. The van der Waals surface area contributed by atoms with Gasteiger partial charge in [-0.3, -0.25) is 9.59 Å². The lowest BCUT2D eigenvalue weighted by molar-refractivity contribution is -0.131. The topological polar surface area (TPSA) is 69.6 Å². The number of hydrogen-bond acceptors (Lipinski definition) is 5. The van der Waals surface area contributed by atoms with Crippen molar-refractivity contribution in [2.75, 3.05) is 44.2 Å². The SMILES string of the molecule is Cc1ccccc1C(=O)N(CC(=O)N1CCCN(c2ccc(-c3ccc(F)cc3)nn2)CC1)CC(C)C. The van der Waals surface area contributed by atoms with Gasteiger partial charge >= 0.3 is 0 Å². The van der Waals surface area contributed by atoms with Gasteiger partial charge in [-0.2, -0.15) is 0 Å². The Labute approximate surface area is 217 Å². The number of hydrogen-bond donors (Lipinski definition) is 0. The van der Waals surface area contributed by atoms with Gasteiger partial charge < -0.3 is 14.7 Å². The molecule has 1 aromatic heterocycles. The van der Waals surface area contributed by atoms with Gasteiger partial charge in [0.1, 0.15) is 12.4 Å². The van der Waals surface area contributed by atoms with Crippen LogP contribution in [0.25, 0.3) is 11.3 Å². The molecule has 0 unspecified atom stereocenters. The molecule has 0 atom stereocenters. The van der Waals surface area contributed by atoms with E-state index in [1.165, 1.54) is 12.1 Å². The summed E-state index contributed by atoms with van der Waals surface area (Å²) in [5, 5.41) is 8.71. The maximum atomic E-state index is 13.3. The van der Waals surface area contributed by atoms with Crippen LogP contribution in [0.2, 0.25) is 0 Å². The molecule has 0 radical (unpaired) electrons. The van der Waals surface area contributed by atoms with Gasteiger partial charge in [0, 0.05) is 43.9 Å². The molecule has 37 heavy (non-hydrogen) atoms. The lowest BCUT2D eigenvalue weighted by Crippen LogP contribution is -2.45. The van der Waals surface area contributed by atoms with Gasteiger partial charge in [-0.05, 0) is 67.3 Å². The van der Waals surface area contributed by atoms with Crippen LogP contribution >= 0.6 is 0 Å². The Bertz CT molecular complexity index is 1210. The zero-order valence-corrected chi connectivity index (χ0v) is 21.7. The van der Waals surface area contributed by atoms with Crippen molar-refractivity contribution < 1.29 is 14.0 Å². The largest absolute Gasteiger partial charge is 0.353 e. The van der Waals surface area contributed by atoms with Crippen LogP contribution in [0, 0.1) is 18.7 Å². The summed E-state index contributed by atoms with van der Waals surface area (Å²) in [6, 6.07) is 17.5. The number of halogens is 1. The minimum absolute atomic E-state index is 0.0397. The van der Waals surface area contributed by atoms with Crippen LogP contribution in [0.1, 0.15) is 36.2 Å². The van der Waals surface area contributed by atoms with Crippen LogP contribution in [0.3, 0.4) is 0 Å². The summed E-state index contributed by atoms with van der Waals surface area (Å²) in [5.41, 5.74) is 3.03. The van der Waals surface area contributed by atoms with Crippen LogP contribution in [0.15, 0.2) is 60.7 Å². The Morgan fingerprint density at radius 2 is 1.70 bits per heavy atom.